The largest absolute Gasteiger partial charge is 0.0887 e. The molecule has 0 aliphatic rings. The molecule has 0 aliphatic carbocycles. The molecule has 0 atom stereocenters. The first-order chi connectivity index (χ1) is 3.41. The van der Waals surface area contributed by atoms with Crippen LogP contribution in [-0.2, 0) is 0 Å². The van der Waals surface area contributed by atoms with Gasteiger partial charge in [0.05, 0.1) is 15.7 Å². The number of hydrogen-bond acceptors (Lipinski definition) is 0. The smallest absolute Gasteiger partial charge is 0.0653 e. The highest BCUT2D eigenvalue weighted by molar-refractivity contribution is 6.08. The van der Waals surface area contributed by atoms with Gasteiger partial charge in [-0.1, -0.05) is 31.9 Å². The molecule has 0 heterocycles. The van der Waals surface area contributed by atoms with E-state index in [-0.39, 0.29) is 0 Å². The lowest BCUT2D eigenvalue weighted by Crippen LogP contribution is -1.74. The zero-order valence-electron chi connectivity index (χ0n) is 4.69. The lowest BCUT2D eigenvalue weighted by atomic mass is 9.95. The zero-order chi connectivity index (χ0) is 5.54. The van der Waals surface area contributed by atoms with Gasteiger partial charge in [-0.15, -0.1) is 0 Å². The van der Waals surface area contributed by atoms with E-state index in [4.69, 9.17) is 15.7 Å². The van der Waals surface area contributed by atoms with E-state index >= 15 is 0 Å². The lowest BCUT2D eigenvalue weighted by molar-refractivity contribution is 0.770. The number of unbranched alkanes of at least 4 members (excludes halogenated alkanes) is 2. The summed E-state index contributed by atoms with van der Waals surface area (Å²) < 4.78 is 0. The molecule has 0 aromatic heterocycles. The fourth-order valence-corrected chi connectivity index (χ4v) is 0.465. The summed E-state index contributed by atoms with van der Waals surface area (Å²) in [5.74, 6) is 0. The molecule has 7 heavy (non-hydrogen) atoms. The van der Waals surface area contributed by atoms with Crippen LogP contribution < -0.4 is 0 Å². The summed E-state index contributed by atoms with van der Waals surface area (Å²) in [6, 6.07) is 0. The zero-order valence-corrected chi connectivity index (χ0v) is 4.69. The lowest BCUT2D eigenvalue weighted by Gasteiger charge is -1.90. The Kier molecular flexibility index (Phi) is 6.24. The average molecular weight is 91.8 g/mol. The van der Waals surface area contributed by atoms with Crippen molar-refractivity contribution in [1.82, 2.24) is 0 Å². The highest BCUT2D eigenvalue weighted by Crippen LogP contribution is 1.98. The highest BCUT2D eigenvalue weighted by Gasteiger charge is 1.79. The van der Waals surface area contributed by atoms with E-state index in [9.17, 15) is 0 Å². The Morgan fingerprint density at radius 3 is 1.43 bits per heavy atom. The van der Waals surface area contributed by atoms with E-state index in [1.165, 1.54) is 6.42 Å². The molecule has 36 valence electrons. The van der Waals surface area contributed by atoms with E-state index in [0.717, 1.165) is 25.5 Å². The van der Waals surface area contributed by atoms with E-state index in [1.807, 2.05) is 0 Å². The van der Waals surface area contributed by atoms with Crippen molar-refractivity contribution in [3.63, 3.8) is 0 Å². The molecule has 4 radical (unpaired) electrons. The molecule has 0 saturated carbocycles. The molecule has 0 nitrogen and oxygen atoms in total. The van der Waals surface area contributed by atoms with Crippen LogP contribution >= 0.6 is 0 Å². The molecular weight excluding hydrogens is 81.7 g/mol. The Bertz CT molecular complexity index is 25.3. The highest BCUT2D eigenvalue weighted by atomic mass is 13.8. The van der Waals surface area contributed by atoms with Crippen molar-refractivity contribution in [2.45, 2.75) is 31.9 Å². The van der Waals surface area contributed by atoms with Crippen LogP contribution in [0, 0.1) is 0 Å². The van der Waals surface area contributed by atoms with Gasteiger partial charge >= 0.3 is 0 Å². The Hall–Kier alpha value is 0.130. The molecule has 0 aliphatic heterocycles. The minimum atomic E-state index is 0.806. The van der Waals surface area contributed by atoms with Gasteiger partial charge in [-0.2, -0.15) is 0 Å². The SMILES string of the molecule is [B]CCCCC[B]. The van der Waals surface area contributed by atoms with Gasteiger partial charge in [0.2, 0.25) is 0 Å². The van der Waals surface area contributed by atoms with Crippen LogP contribution in [0.2, 0.25) is 12.6 Å². The normalized spacial score (nSPS) is 9.14. The topological polar surface area (TPSA) is 0 Å². The second kappa shape index (κ2) is 6.13. The third-order valence-corrected chi connectivity index (χ3v) is 0.908. The van der Waals surface area contributed by atoms with Crippen molar-refractivity contribution < 1.29 is 0 Å². The van der Waals surface area contributed by atoms with Crippen LogP contribution in [0.1, 0.15) is 19.3 Å². The average Bonchev–Trinajstić information content (AvgIpc) is 1.69. The summed E-state index contributed by atoms with van der Waals surface area (Å²) >= 11 is 0. The second-order valence-corrected chi connectivity index (χ2v) is 1.64. The third kappa shape index (κ3) is 6.13. The molecule has 0 spiro atoms. The first-order valence-corrected chi connectivity index (χ1v) is 2.82. The van der Waals surface area contributed by atoms with Crippen LogP contribution in [0.15, 0.2) is 0 Å². The van der Waals surface area contributed by atoms with Crippen molar-refractivity contribution in [2.24, 2.45) is 0 Å². The Labute approximate surface area is 48.5 Å². The van der Waals surface area contributed by atoms with Crippen molar-refractivity contribution in [3.05, 3.63) is 0 Å². The van der Waals surface area contributed by atoms with E-state index < -0.39 is 0 Å². The molecule has 2 heteroatoms. The van der Waals surface area contributed by atoms with Gasteiger partial charge in [0.25, 0.3) is 0 Å². The van der Waals surface area contributed by atoms with Crippen LogP contribution in [0.5, 0.6) is 0 Å². The van der Waals surface area contributed by atoms with Gasteiger partial charge < -0.3 is 0 Å². The maximum absolute atomic E-state index is 5.23. The van der Waals surface area contributed by atoms with Crippen LogP contribution in [-0.4, -0.2) is 15.7 Å². The van der Waals surface area contributed by atoms with Crippen molar-refractivity contribution >= 4 is 15.7 Å². The summed E-state index contributed by atoms with van der Waals surface area (Å²) in [6.07, 6.45) is 5.04. The van der Waals surface area contributed by atoms with Gasteiger partial charge in [0.1, 0.15) is 0 Å². The Morgan fingerprint density at radius 2 is 1.14 bits per heavy atom. The molecule has 0 rings (SSSR count). The van der Waals surface area contributed by atoms with Crippen molar-refractivity contribution in [3.8, 4) is 0 Å². The minimum absolute atomic E-state index is 0.806. The van der Waals surface area contributed by atoms with Crippen molar-refractivity contribution in [1.29, 1.82) is 0 Å². The van der Waals surface area contributed by atoms with Crippen LogP contribution in [0.3, 0.4) is 0 Å². The van der Waals surface area contributed by atoms with Crippen molar-refractivity contribution in [2.75, 3.05) is 0 Å². The van der Waals surface area contributed by atoms with Gasteiger partial charge in [-0.25, -0.2) is 0 Å². The first-order valence-electron chi connectivity index (χ1n) is 2.82. The predicted molar refractivity (Wildman–Crippen MR) is 35.0 cm³/mol. The number of hydrogen-bond donors (Lipinski definition) is 0. The summed E-state index contributed by atoms with van der Waals surface area (Å²) in [4.78, 5) is 0. The molecule has 0 N–H and O–H groups in total. The molecular formula is C5H10B2. The molecule has 0 unspecified atom stereocenters. The summed E-state index contributed by atoms with van der Waals surface area (Å²) in [5.41, 5.74) is 0. The second-order valence-electron chi connectivity index (χ2n) is 1.64. The molecule has 0 aromatic rings. The Morgan fingerprint density at radius 1 is 0.714 bits per heavy atom. The molecule has 0 saturated heterocycles. The number of rotatable bonds is 4. The quantitative estimate of drug-likeness (QED) is 0.362. The van der Waals surface area contributed by atoms with E-state index in [1.54, 1.807) is 0 Å². The standard InChI is InChI=1S/C5H10B2/c6-4-2-1-3-5-7/h1-5H2. The van der Waals surface area contributed by atoms with Gasteiger partial charge in [0.15, 0.2) is 0 Å². The molecule has 0 bridgehead atoms. The first kappa shape index (κ1) is 7.13. The summed E-state index contributed by atoms with van der Waals surface area (Å²) in [7, 11) is 10.5. The van der Waals surface area contributed by atoms with Crippen LogP contribution in [0.25, 0.3) is 0 Å². The maximum atomic E-state index is 5.23. The molecule has 0 aromatic carbocycles. The van der Waals surface area contributed by atoms with E-state index in [0.29, 0.717) is 0 Å². The fraction of sp³-hybridized carbons (Fsp3) is 1.00. The molecule has 0 fully saturated rings. The predicted octanol–water partition coefficient (Wildman–Crippen LogP) is 1.33. The van der Waals surface area contributed by atoms with Gasteiger partial charge in [-0.05, 0) is 0 Å². The maximum Gasteiger partial charge on any atom is 0.0653 e. The monoisotopic (exact) mass is 92.1 g/mol. The fourth-order valence-electron chi connectivity index (χ4n) is 0.465. The summed E-state index contributed by atoms with van der Waals surface area (Å²) in [5, 5.41) is 0. The van der Waals surface area contributed by atoms with Gasteiger partial charge in [0, 0.05) is 0 Å². The third-order valence-electron chi connectivity index (χ3n) is 0.908. The molecule has 0 amide bonds. The van der Waals surface area contributed by atoms with E-state index in [2.05, 4.69) is 0 Å². The Balaban J connectivity index is 2.45. The van der Waals surface area contributed by atoms with Gasteiger partial charge in [-0.3, -0.25) is 0 Å². The van der Waals surface area contributed by atoms with Crippen LogP contribution in [0.4, 0.5) is 0 Å². The minimum Gasteiger partial charge on any atom is -0.0887 e. The summed E-state index contributed by atoms with van der Waals surface area (Å²) in [6.45, 7) is 0.